The molecular weight excluding hydrogens is 134 g/mol. The van der Waals surface area contributed by atoms with Crippen molar-refractivity contribution in [2.45, 2.75) is 6.92 Å². The molecule has 0 aliphatic rings. The van der Waals surface area contributed by atoms with Crippen LogP contribution in [-0.2, 0) is 0 Å². The Hall–Kier alpha value is -0.440. The Labute approximate surface area is 61.0 Å². The summed E-state index contributed by atoms with van der Waals surface area (Å²) in [4.78, 5) is 12.1. The van der Waals surface area contributed by atoms with Gasteiger partial charge in [-0.25, -0.2) is 0 Å². The topological polar surface area (TPSA) is 20.3 Å². The minimum absolute atomic E-state index is 0.197. The van der Waals surface area contributed by atoms with Crippen LogP contribution in [0.1, 0.15) is 6.92 Å². The van der Waals surface area contributed by atoms with E-state index in [9.17, 15) is 4.79 Å². The standard InChI is InChI=1S/C6H11NOS/c1-3-5-7(4-2)6(8)9/h3H,1,4-5H2,2H3,(H,8,9). The summed E-state index contributed by atoms with van der Waals surface area (Å²) in [7, 11) is 0. The number of nitrogens with zero attached hydrogens (tertiary/aromatic N) is 1. The molecule has 1 amide bonds. The Balaban J connectivity index is 3.67. The zero-order valence-corrected chi connectivity index (χ0v) is 6.40. The molecule has 0 saturated heterocycles. The summed E-state index contributed by atoms with van der Waals surface area (Å²) in [6, 6.07) is 0. The van der Waals surface area contributed by atoms with E-state index in [-0.39, 0.29) is 5.24 Å². The van der Waals surface area contributed by atoms with Gasteiger partial charge in [0.1, 0.15) is 0 Å². The first-order valence-electron chi connectivity index (χ1n) is 2.81. The second-order valence-corrected chi connectivity index (χ2v) is 1.99. The molecule has 0 heterocycles. The summed E-state index contributed by atoms with van der Waals surface area (Å²) in [5, 5.41) is -0.197. The van der Waals surface area contributed by atoms with Crippen LogP contribution in [0.15, 0.2) is 12.7 Å². The van der Waals surface area contributed by atoms with Gasteiger partial charge in [-0.15, -0.1) is 6.58 Å². The van der Waals surface area contributed by atoms with Crippen LogP contribution in [0.25, 0.3) is 0 Å². The average molecular weight is 145 g/mol. The molecule has 0 atom stereocenters. The van der Waals surface area contributed by atoms with Crippen molar-refractivity contribution < 1.29 is 4.79 Å². The highest BCUT2D eigenvalue weighted by Crippen LogP contribution is 1.93. The number of hydrogen-bond donors (Lipinski definition) is 1. The molecule has 0 rings (SSSR count). The quantitative estimate of drug-likeness (QED) is 0.472. The fourth-order valence-electron chi connectivity index (χ4n) is 0.498. The molecule has 0 fully saturated rings. The second kappa shape index (κ2) is 4.44. The molecule has 0 saturated carbocycles. The molecule has 3 heteroatoms. The van der Waals surface area contributed by atoms with Crippen LogP contribution in [0.3, 0.4) is 0 Å². The highest BCUT2D eigenvalue weighted by molar-refractivity contribution is 7.96. The van der Waals surface area contributed by atoms with Crippen LogP contribution < -0.4 is 0 Å². The monoisotopic (exact) mass is 145 g/mol. The third-order valence-corrected chi connectivity index (χ3v) is 1.28. The lowest BCUT2D eigenvalue weighted by Gasteiger charge is -2.14. The van der Waals surface area contributed by atoms with Crippen molar-refractivity contribution in [1.29, 1.82) is 0 Å². The summed E-state index contributed by atoms with van der Waals surface area (Å²) < 4.78 is 0. The maximum atomic E-state index is 10.5. The largest absolute Gasteiger partial charge is 0.330 e. The van der Waals surface area contributed by atoms with Crippen LogP contribution in [0.5, 0.6) is 0 Å². The Bertz CT molecular complexity index is 114. The van der Waals surface area contributed by atoms with Gasteiger partial charge in [-0.2, -0.15) is 0 Å². The summed E-state index contributed by atoms with van der Waals surface area (Å²) in [5.41, 5.74) is 0. The molecule has 9 heavy (non-hydrogen) atoms. The smallest absolute Gasteiger partial charge is 0.278 e. The summed E-state index contributed by atoms with van der Waals surface area (Å²) in [6.45, 7) is 6.67. The first-order chi connectivity index (χ1) is 4.22. The number of hydrogen-bond acceptors (Lipinski definition) is 1. The van der Waals surface area contributed by atoms with E-state index in [0.717, 1.165) is 0 Å². The average Bonchev–Trinajstić information content (AvgIpc) is 1.82. The second-order valence-electron chi connectivity index (χ2n) is 1.61. The van der Waals surface area contributed by atoms with Crippen molar-refractivity contribution in [3.8, 4) is 0 Å². The predicted octanol–water partition coefficient (Wildman–Crippen LogP) is 1.54. The molecule has 0 unspecified atom stereocenters. The van der Waals surface area contributed by atoms with Gasteiger partial charge in [0, 0.05) is 13.1 Å². The van der Waals surface area contributed by atoms with E-state index in [4.69, 9.17) is 0 Å². The maximum Gasteiger partial charge on any atom is 0.278 e. The highest BCUT2D eigenvalue weighted by Gasteiger charge is 2.01. The van der Waals surface area contributed by atoms with Crippen LogP contribution in [-0.4, -0.2) is 23.2 Å². The fourth-order valence-corrected chi connectivity index (χ4v) is 0.721. The van der Waals surface area contributed by atoms with E-state index in [0.29, 0.717) is 13.1 Å². The molecule has 0 aliphatic heterocycles. The molecule has 0 radical (unpaired) electrons. The van der Waals surface area contributed by atoms with Gasteiger partial charge in [0.15, 0.2) is 0 Å². The Morgan fingerprint density at radius 3 is 2.56 bits per heavy atom. The molecule has 2 nitrogen and oxygen atoms in total. The summed E-state index contributed by atoms with van der Waals surface area (Å²) in [5.74, 6) is 0. The van der Waals surface area contributed by atoms with E-state index in [1.807, 2.05) is 6.92 Å². The molecule has 0 aromatic rings. The minimum Gasteiger partial charge on any atom is -0.330 e. The molecule has 52 valence electrons. The zero-order valence-electron chi connectivity index (χ0n) is 5.50. The number of thiol groups is 1. The summed E-state index contributed by atoms with van der Waals surface area (Å²) in [6.07, 6.45) is 1.68. The molecule has 0 spiro atoms. The van der Waals surface area contributed by atoms with Crippen LogP contribution >= 0.6 is 12.6 Å². The van der Waals surface area contributed by atoms with Crippen LogP contribution in [0.4, 0.5) is 4.79 Å². The lowest BCUT2D eigenvalue weighted by Crippen LogP contribution is -2.25. The lowest BCUT2D eigenvalue weighted by molar-refractivity contribution is 0.231. The first kappa shape index (κ1) is 8.56. The number of carbonyl (C=O) groups excluding carboxylic acids is 1. The zero-order chi connectivity index (χ0) is 7.28. The maximum absolute atomic E-state index is 10.5. The third kappa shape index (κ3) is 3.19. The van der Waals surface area contributed by atoms with Gasteiger partial charge in [0.2, 0.25) is 0 Å². The molecule has 0 aromatic carbocycles. The van der Waals surface area contributed by atoms with E-state index < -0.39 is 0 Å². The van der Waals surface area contributed by atoms with Crippen molar-refractivity contribution >= 4 is 17.9 Å². The molecule has 0 aliphatic carbocycles. The van der Waals surface area contributed by atoms with E-state index in [1.54, 1.807) is 11.0 Å². The summed E-state index contributed by atoms with van der Waals surface area (Å²) >= 11 is 3.65. The van der Waals surface area contributed by atoms with Gasteiger partial charge < -0.3 is 4.90 Å². The molecule has 0 bridgehead atoms. The molecular formula is C6H11NOS. The third-order valence-electron chi connectivity index (χ3n) is 1.00. The fraction of sp³-hybridized carbons (Fsp3) is 0.500. The molecule has 0 N–H and O–H groups in total. The normalized spacial score (nSPS) is 8.67. The van der Waals surface area contributed by atoms with Crippen LogP contribution in [0, 0.1) is 0 Å². The van der Waals surface area contributed by atoms with E-state index in [2.05, 4.69) is 19.2 Å². The number of likely N-dealkylation sites (N-methyl/N-ethyl adjacent to an activating group) is 1. The lowest BCUT2D eigenvalue weighted by atomic mass is 10.5. The van der Waals surface area contributed by atoms with Crippen molar-refractivity contribution in [2.24, 2.45) is 0 Å². The van der Waals surface area contributed by atoms with Gasteiger partial charge >= 0.3 is 0 Å². The van der Waals surface area contributed by atoms with Gasteiger partial charge in [0.05, 0.1) is 0 Å². The highest BCUT2D eigenvalue weighted by atomic mass is 32.1. The minimum atomic E-state index is -0.197. The Morgan fingerprint density at radius 1 is 1.89 bits per heavy atom. The SMILES string of the molecule is C=CCN(CC)C(=O)S. The Morgan fingerprint density at radius 2 is 2.44 bits per heavy atom. The van der Waals surface area contributed by atoms with Crippen molar-refractivity contribution in [3.05, 3.63) is 12.7 Å². The van der Waals surface area contributed by atoms with Crippen molar-refractivity contribution in [3.63, 3.8) is 0 Å². The van der Waals surface area contributed by atoms with E-state index >= 15 is 0 Å². The number of amides is 1. The number of rotatable bonds is 3. The van der Waals surface area contributed by atoms with Crippen LogP contribution in [0.2, 0.25) is 0 Å². The van der Waals surface area contributed by atoms with E-state index in [1.165, 1.54) is 0 Å². The van der Waals surface area contributed by atoms with Crippen molar-refractivity contribution in [1.82, 2.24) is 4.90 Å². The van der Waals surface area contributed by atoms with Crippen molar-refractivity contribution in [2.75, 3.05) is 13.1 Å². The predicted molar refractivity (Wildman–Crippen MR) is 41.8 cm³/mol. The van der Waals surface area contributed by atoms with Gasteiger partial charge in [-0.1, -0.05) is 18.7 Å². The van der Waals surface area contributed by atoms with Gasteiger partial charge in [-0.05, 0) is 6.92 Å². The molecule has 0 aromatic heterocycles. The number of carbonyl (C=O) groups is 1. The van der Waals surface area contributed by atoms with Gasteiger partial charge in [-0.3, -0.25) is 4.79 Å². The first-order valence-corrected chi connectivity index (χ1v) is 3.25. The Kier molecular flexibility index (Phi) is 4.22. The van der Waals surface area contributed by atoms with Gasteiger partial charge in [0.25, 0.3) is 5.24 Å².